The molecule has 0 aromatic carbocycles. The van der Waals surface area contributed by atoms with Gasteiger partial charge >= 0.3 is 5.97 Å². The highest BCUT2D eigenvalue weighted by Crippen LogP contribution is 2.04. The van der Waals surface area contributed by atoms with Crippen LogP contribution in [0.2, 0.25) is 0 Å². The predicted octanol–water partition coefficient (Wildman–Crippen LogP) is -0.153. The van der Waals surface area contributed by atoms with E-state index in [1.165, 1.54) is 0 Å². The fourth-order valence-corrected chi connectivity index (χ4v) is 1.22. The number of hydrogen-bond acceptors (Lipinski definition) is 4. The van der Waals surface area contributed by atoms with E-state index in [-0.39, 0.29) is 12.5 Å². The molecule has 0 rings (SSSR count). The number of unbranched alkanes of at least 4 members (excludes halogenated alkanes) is 3. The van der Waals surface area contributed by atoms with Crippen LogP contribution < -0.4 is 11.1 Å². The molecular formula is C11H22N2O4. The molecule has 0 aliphatic carbocycles. The van der Waals surface area contributed by atoms with Crippen LogP contribution in [-0.2, 0) is 9.59 Å². The van der Waals surface area contributed by atoms with Crippen LogP contribution in [-0.4, -0.2) is 40.8 Å². The Bertz CT molecular complexity index is 254. The average molecular weight is 246 g/mol. The topological polar surface area (TPSA) is 113 Å². The molecule has 1 amide bonds. The fraction of sp³-hybridized carbons (Fsp3) is 0.818. The van der Waals surface area contributed by atoms with Gasteiger partial charge in [-0.3, -0.25) is 4.79 Å². The maximum absolute atomic E-state index is 11.3. The van der Waals surface area contributed by atoms with Crippen molar-refractivity contribution >= 4 is 11.9 Å². The summed E-state index contributed by atoms with van der Waals surface area (Å²) in [6, 6.07) is 0. The van der Waals surface area contributed by atoms with E-state index in [0.29, 0.717) is 13.0 Å². The SMILES string of the molecule is CC(O)(CNC(=O)CCCCCCN)C(=O)O. The van der Waals surface area contributed by atoms with Crippen molar-refractivity contribution in [1.29, 1.82) is 0 Å². The third-order valence-electron chi connectivity index (χ3n) is 2.45. The van der Waals surface area contributed by atoms with Gasteiger partial charge in [-0.1, -0.05) is 12.8 Å². The maximum atomic E-state index is 11.3. The summed E-state index contributed by atoms with van der Waals surface area (Å²) in [6.07, 6.45) is 3.98. The summed E-state index contributed by atoms with van der Waals surface area (Å²) in [7, 11) is 0. The number of aliphatic hydroxyl groups is 1. The van der Waals surface area contributed by atoms with E-state index in [1.54, 1.807) is 0 Å². The van der Waals surface area contributed by atoms with Gasteiger partial charge in [0, 0.05) is 6.42 Å². The lowest BCUT2D eigenvalue weighted by atomic mass is 10.1. The normalized spacial score (nSPS) is 14.1. The Kier molecular flexibility index (Phi) is 7.49. The molecule has 0 fully saturated rings. The van der Waals surface area contributed by atoms with Gasteiger partial charge in [0.2, 0.25) is 5.91 Å². The third kappa shape index (κ3) is 7.70. The maximum Gasteiger partial charge on any atom is 0.337 e. The molecule has 0 saturated heterocycles. The first-order chi connectivity index (χ1) is 7.90. The Morgan fingerprint density at radius 2 is 1.82 bits per heavy atom. The number of carbonyl (C=O) groups is 2. The summed E-state index contributed by atoms with van der Waals surface area (Å²) in [5.41, 5.74) is 3.42. The molecule has 0 saturated carbocycles. The zero-order valence-electron chi connectivity index (χ0n) is 10.2. The summed E-state index contributed by atoms with van der Waals surface area (Å²) < 4.78 is 0. The van der Waals surface area contributed by atoms with Crippen molar-refractivity contribution in [3.8, 4) is 0 Å². The summed E-state index contributed by atoms with van der Waals surface area (Å²) in [5.74, 6) is -1.58. The molecule has 17 heavy (non-hydrogen) atoms. The number of nitrogens with one attached hydrogen (secondary N) is 1. The minimum Gasteiger partial charge on any atom is -0.479 e. The van der Waals surface area contributed by atoms with Gasteiger partial charge in [-0.05, 0) is 26.3 Å². The summed E-state index contributed by atoms with van der Waals surface area (Å²) in [5, 5.41) is 20.4. The molecule has 0 spiro atoms. The van der Waals surface area contributed by atoms with Gasteiger partial charge in [0.1, 0.15) is 0 Å². The molecule has 0 aliphatic heterocycles. The molecule has 1 unspecified atom stereocenters. The van der Waals surface area contributed by atoms with Crippen molar-refractivity contribution < 1.29 is 19.8 Å². The van der Waals surface area contributed by atoms with Gasteiger partial charge in [-0.25, -0.2) is 4.79 Å². The molecule has 100 valence electrons. The van der Waals surface area contributed by atoms with Crippen LogP contribution in [0.15, 0.2) is 0 Å². The number of carboxylic acids is 1. The van der Waals surface area contributed by atoms with E-state index >= 15 is 0 Å². The first kappa shape index (κ1) is 15.9. The zero-order chi connectivity index (χ0) is 13.3. The summed E-state index contributed by atoms with van der Waals surface area (Å²) in [4.78, 5) is 21.9. The summed E-state index contributed by atoms with van der Waals surface area (Å²) in [6.45, 7) is 1.54. The minimum absolute atomic E-state index is 0.237. The number of nitrogens with two attached hydrogens (primary N) is 1. The lowest BCUT2D eigenvalue weighted by Gasteiger charge is -2.18. The Morgan fingerprint density at radius 3 is 2.35 bits per heavy atom. The molecule has 1 atom stereocenters. The van der Waals surface area contributed by atoms with Crippen LogP contribution in [0.3, 0.4) is 0 Å². The Balaban J connectivity index is 3.63. The highest BCUT2D eigenvalue weighted by Gasteiger charge is 2.29. The van der Waals surface area contributed by atoms with Gasteiger partial charge in [0.15, 0.2) is 5.60 Å². The molecule has 0 aliphatic rings. The van der Waals surface area contributed by atoms with Crippen LogP contribution >= 0.6 is 0 Å². The van der Waals surface area contributed by atoms with Crippen molar-refractivity contribution in [2.24, 2.45) is 5.73 Å². The highest BCUT2D eigenvalue weighted by molar-refractivity contribution is 5.80. The predicted molar refractivity (Wildman–Crippen MR) is 63.4 cm³/mol. The smallest absolute Gasteiger partial charge is 0.337 e. The monoisotopic (exact) mass is 246 g/mol. The van der Waals surface area contributed by atoms with Gasteiger partial charge in [-0.15, -0.1) is 0 Å². The molecule has 0 heterocycles. The van der Waals surface area contributed by atoms with Crippen LogP contribution in [0.5, 0.6) is 0 Å². The number of hydrogen-bond donors (Lipinski definition) is 4. The van der Waals surface area contributed by atoms with E-state index in [2.05, 4.69) is 5.32 Å². The number of carboxylic acid groups (broad SMARTS) is 1. The Hall–Kier alpha value is -1.14. The second kappa shape index (κ2) is 8.03. The molecule has 0 aromatic heterocycles. The van der Waals surface area contributed by atoms with Gasteiger partial charge in [0.25, 0.3) is 0 Å². The van der Waals surface area contributed by atoms with E-state index in [4.69, 9.17) is 10.8 Å². The molecule has 6 heteroatoms. The quantitative estimate of drug-likeness (QED) is 0.422. The standard InChI is InChI=1S/C11H22N2O4/c1-11(17,10(15)16)8-13-9(14)6-4-2-3-5-7-12/h17H,2-8,12H2,1H3,(H,13,14)(H,15,16). The van der Waals surface area contributed by atoms with Gasteiger partial charge < -0.3 is 21.3 Å². The molecular weight excluding hydrogens is 224 g/mol. The molecule has 6 nitrogen and oxygen atoms in total. The lowest BCUT2D eigenvalue weighted by molar-refractivity contribution is -0.156. The first-order valence-electron chi connectivity index (χ1n) is 5.82. The lowest BCUT2D eigenvalue weighted by Crippen LogP contribution is -2.46. The van der Waals surface area contributed by atoms with Crippen LogP contribution in [0.25, 0.3) is 0 Å². The van der Waals surface area contributed by atoms with Crippen LogP contribution in [0.4, 0.5) is 0 Å². The van der Waals surface area contributed by atoms with E-state index in [9.17, 15) is 14.7 Å². The van der Waals surface area contributed by atoms with E-state index < -0.39 is 11.6 Å². The molecule has 0 bridgehead atoms. The largest absolute Gasteiger partial charge is 0.479 e. The van der Waals surface area contributed by atoms with Gasteiger partial charge in [-0.2, -0.15) is 0 Å². The molecule has 5 N–H and O–H groups in total. The van der Waals surface area contributed by atoms with Crippen molar-refractivity contribution in [3.63, 3.8) is 0 Å². The van der Waals surface area contributed by atoms with Gasteiger partial charge in [0.05, 0.1) is 6.54 Å². The number of amides is 1. The van der Waals surface area contributed by atoms with Crippen molar-refractivity contribution in [1.82, 2.24) is 5.32 Å². The third-order valence-corrected chi connectivity index (χ3v) is 2.45. The number of rotatable bonds is 9. The molecule has 0 radical (unpaired) electrons. The zero-order valence-corrected chi connectivity index (χ0v) is 10.2. The van der Waals surface area contributed by atoms with Crippen LogP contribution in [0, 0.1) is 0 Å². The summed E-state index contributed by atoms with van der Waals surface area (Å²) >= 11 is 0. The second-order valence-corrected chi connectivity index (χ2v) is 4.31. The van der Waals surface area contributed by atoms with Crippen LogP contribution in [0.1, 0.15) is 39.0 Å². The molecule has 0 aromatic rings. The van der Waals surface area contributed by atoms with Crippen molar-refractivity contribution in [2.75, 3.05) is 13.1 Å². The number of carbonyl (C=O) groups excluding carboxylic acids is 1. The van der Waals surface area contributed by atoms with E-state index in [1.807, 2.05) is 0 Å². The first-order valence-corrected chi connectivity index (χ1v) is 5.82. The Morgan fingerprint density at radius 1 is 1.24 bits per heavy atom. The number of aliphatic carboxylic acids is 1. The Labute approximate surface area is 101 Å². The van der Waals surface area contributed by atoms with Crippen molar-refractivity contribution in [2.45, 2.75) is 44.6 Å². The second-order valence-electron chi connectivity index (χ2n) is 4.31. The fourth-order valence-electron chi connectivity index (χ4n) is 1.22. The average Bonchev–Trinajstić information content (AvgIpc) is 2.26. The minimum atomic E-state index is -1.91. The highest BCUT2D eigenvalue weighted by atomic mass is 16.4. The van der Waals surface area contributed by atoms with Crippen molar-refractivity contribution in [3.05, 3.63) is 0 Å². The van der Waals surface area contributed by atoms with E-state index in [0.717, 1.165) is 32.6 Å².